The number of carboxylic acid groups (broad SMARTS) is 1. The van der Waals surface area contributed by atoms with Crippen LogP contribution >= 0.6 is 0 Å². The van der Waals surface area contributed by atoms with Crippen LogP contribution in [0.2, 0.25) is 0 Å². The van der Waals surface area contributed by atoms with E-state index in [1.807, 2.05) is 0 Å². The molecule has 0 aliphatic carbocycles. The van der Waals surface area contributed by atoms with E-state index in [1.165, 1.54) is 60.7 Å². The second kappa shape index (κ2) is 15.6. The van der Waals surface area contributed by atoms with Gasteiger partial charge in [-0.25, -0.2) is 9.79 Å². The van der Waals surface area contributed by atoms with Crippen molar-refractivity contribution in [2.45, 2.75) is 4.90 Å². The fourth-order valence-corrected chi connectivity index (χ4v) is 4.75. The van der Waals surface area contributed by atoms with Gasteiger partial charge in [-0.2, -0.15) is 23.8 Å². The third kappa shape index (κ3) is 9.00. The van der Waals surface area contributed by atoms with Crippen LogP contribution in [0, 0.1) is 0 Å². The normalized spacial score (nSPS) is 11.8. The van der Waals surface area contributed by atoms with Crippen LogP contribution < -0.4 is 5.73 Å². The van der Waals surface area contributed by atoms with Crippen molar-refractivity contribution in [3.05, 3.63) is 102 Å². The van der Waals surface area contributed by atoms with Crippen molar-refractivity contribution in [2.24, 2.45) is 25.4 Å². The molecule has 0 aliphatic heterocycles. The van der Waals surface area contributed by atoms with Crippen molar-refractivity contribution in [1.82, 2.24) is 0 Å². The number of carbonyl (C=O) groups is 1. The molecule has 2 radical (unpaired) electrons. The van der Waals surface area contributed by atoms with Crippen molar-refractivity contribution in [1.29, 1.82) is 0 Å². The van der Waals surface area contributed by atoms with Crippen LogP contribution in [-0.4, -0.2) is 104 Å². The molecule has 5 rings (SSSR count). The summed E-state index contributed by atoms with van der Waals surface area (Å²) < 4.78 is 33.7. The molecule has 0 heterocycles. The summed E-state index contributed by atoms with van der Waals surface area (Å²) in [6.45, 7) is 0. The number of azo groups is 2. The SMILES string of the molecule is Nc1ccc2cc(S(=O)(=O)O)c(N=Nc3ccc(N=C(O)c4ccc(N=Nc5ccc(O)c(C(=O)O)c5)cc4)cc3)c(O)c2c1.[Na].[Na]. The van der Waals surface area contributed by atoms with Crippen molar-refractivity contribution >= 4 is 126 Å². The number of aliphatic hydroxyl groups excluding tert-OH is 1. The molecule has 0 aliphatic rings. The maximum Gasteiger partial charge on any atom is 0.339 e. The number of fused-ring (bicyclic) bond motifs is 1. The predicted octanol–water partition coefficient (Wildman–Crippen LogP) is 6.48. The maximum absolute atomic E-state index is 12.0. The topological polar surface area (TPSA) is 240 Å². The van der Waals surface area contributed by atoms with E-state index in [9.17, 15) is 33.1 Å². The van der Waals surface area contributed by atoms with Gasteiger partial charge in [0.1, 0.15) is 21.9 Å². The van der Waals surface area contributed by atoms with Gasteiger partial charge in [0, 0.05) is 75.8 Å². The number of rotatable bonds is 8. The molecule has 0 unspecified atom stereocenters. The molecule has 0 spiro atoms. The number of benzene rings is 5. The van der Waals surface area contributed by atoms with E-state index in [0.717, 1.165) is 6.07 Å². The van der Waals surface area contributed by atoms with Crippen molar-refractivity contribution in [3.63, 3.8) is 0 Å². The van der Waals surface area contributed by atoms with Crippen molar-refractivity contribution in [3.8, 4) is 11.5 Å². The zero-order chi connectivity index (χ0) is 32.3. The van der Waals surface area contributed by atoms with Gasteiger partial charge in [-0.15, -0.1) is 5.11 Å². The van der Waals surface area contributed by atoms with Crippen LogP contribution in [-0.2, 0) is 10.1 Å². The number of hydrogen-bond donors (Lipinski definition) is 6. The molecule has 0 atom stereocenters. The predicted molar refractivity (Wildman–Crippen MR) is 176 cm³/mol. The van der Waals surface area contributed by atoms with Gasteiger partial charge in [-0.3, -0.25) is 4.55 Å². The number of phenols is 2. The molecule has 47 heavy (non-hydrogen) atoms. The van der Waals surface area contributed by atoms with Gasteiger partial charge >= 0.3 is 5.97 Å². The number of aromatic carboxylic acids is 1. The molecule has 17 heteroatoms. The molecule has 5 aromatic carbocycles. The molecule has 14 nitrogen and oxygen atoms in total. The smallest absolute Gasteiger partial charge is 0.339 e. The minimum Gasteiger partial charge on any atom is -0.507 e. The standard InChI is InChI=1S/C30H22N6O8S.2Na/c31-18-4-1-17-13-26(45(42,43)44)27(28(38)23(17)14-18)36-34-21-9-7-19(8-10-21)32-29(39)16-2-5-20(6-3-16)33-35-22-11-12-25(37)24(15-22)30(40)41;;/h1-15,37-38H,31H2,(H,32,39)(H,40,41)(H,42,43,44);;. The van der Waals surface area contributed by atoms with E-state index in [2.05, 4.69) is 25.4 Å². The Kier molecular flexibility index (Phi) is 12.4. The van der Waals surface area contributed by atoms with E-state index in [4.69, 9.17) is 10.8 Å². The Bertz CT molecular complexity index is 2160. The zero-order valence-electron chi connectivity index (χ0n) is 24.8. The summed E-state index contributed by atoms with van der Waals surface area (Å²) in [6.07, 6.45) is 0. The summed E-state index contributed by atoms with van der Waals surface area (Å²) in [5, 5.41) is 56.3. The molecule has 0 bridgehead atoms. The van der Waals surface area contributed by atoms with Gasteiger partial charge in [0.25, 0.3) is 10.1 Å². The third-order valence-electron chi connectivity index (χ3n) is 6.32. The van der Waals surface area contributed by atoms with E-state index >= 15 is 0 Å². The van der Waals surface area contributed by atoms with Gasteiger partial charge < -0.3 is 26.2 Å². The zero-order valence-corrected chi connectivity index (χ0v) is 29.7. The van der Waals surface area contributed by atoms with Crippen molar-refractivity contribution < 1.29 is 38.2 Å². The van der Waals surface area contributed by atoms with Crippen LogP contribution in [0.1, 0.15) is 15.9 Å². The van der Waals surface area contributed by atoms with E-state index < -0.39 is 32.4 Å². The number of nitrogens with zero attached hydrogens (tertiary/aromatic N) is 5. The molecular formula is C30H22N6Na2O8S. The summed E-state index contributed by atoms with van der Waals surface area (Å²) in [5.41, 5.74) is 6.92. The van der Waals surface area contributed by atoms with Crippen LogP contribution in [0.15, 0.2) is 121 Å². The first-order valence-electron chi connectivity index (χ1n) is 12.8. The Morgan fingerprint density at radius 1 is 0.681 bits per heavy atom. The number of hydrogen-bond acceptors (Lipinski definition) is 11. The molecule has 5 aromatic rings. The van der Waals surface area contributed by atoms with E-state index in [1.54, 1.807) is 24.3 Å². The number of nitrogen functional groups attached to an aromatic ring is 1. The van der Waals surface area contributed by atoms with Gasteiger partial charge in [0.05, 0.1) is 22.7 Å². The molecule has 0 aromatic heterocycles. The number of phenolic OH excluding ortho intramolecular Hbond substituents is 1. The first-order chi connectivity index (χ1) is 21.4. The molecule has 0 saturated heterocycles. The Labute approximate surface area is 311 Å². The quantitative estimate of drug-likeness (QED) is 0.0263. The summed E-state index contributed by atoms with van der Waals surface area (Å²) in [6, 6.07) is 21.6. The van der Waals surface area contributed by atoms with Crippen LogP contribution in [0.3, 0.4) is 0 Å². The Morgan fingerprint density at radius 2 is 1.23 bits per heavy atom. The summed E-state index contributed by atoms with van der Waals surface area (Å²) >= 11 is 0. The molecule has 0 saturated carbocycles. The van der Waals surface area contributed by atoms with E-state index in [0.29, 0.717) is 28.0 Å². The van der Waals surface area contributed by atoms with Crippen LogP contribution in [0.4, 0.5) is 34.1 Å². The summed E-state index contributed by atoms with van der Waals surface area (Å²) in [4.78, 5) is 14.7. The maximum atomic E-state index is 12.0. The van der Waals surface area contributed by atoms with Gasteiger partial charge in [-0.1, -0.05) is 6.07 Å². The molecule has 228 valence electrons. The first kappa shape index (κ1) is 37.3. The molecular weight excluding hydrogens is 650 g/mol. The number of carboxylic acids is 1. The number of nitrogens with two attached hydrogens (primary N) is 1. The van der Waals surface area contributed by atoms with Crippen LogP contribution in [0.5, 0.6) is 11.5 Å². The van der Waals surface area contributed by atoms with Gasteiger partial charge in [0.15, 0.2) is 5.75 Å². The van der Waals surface area contributed by atoms with E-state index in [-0.39, 0.29) is 93.1 Å². The fraction of sp³-hybridized carbons (Fsp3) is 0. The second-order valence-corrected chi connectivity index (χ2v) is 10.8. The van der Waals surface area contributed by atoms with Gasteiger partial charge in [0.2, 0.25) is 5.90 Å². The first-order valence-corrected chi connectivity index (χ1v) is 14.2. The summed E-state index contributed by atoms with van der Waals surface area (Å²) in [7, 11) is -4.76. The Balaban J connectivity index is 0.00000300. The average molecular weight is 673 g/mol. The molecule has 7 N–H and O–H groups in total. The fourth-order valence-electron chi connectivity index (χ4n) is 4.09. The van der Waals surface area contributed by atoms with Crippen LogP contribution in [0.25, 0.3) is 10.8 Å². The van der Waals surface area contributed by atoms with Gasteiger partial charge in [-0.05, 0) is 90.3 Å². The minimum atomic E-state index is -4.76. The average Bonchev–Trinajstić information content (AvgIpc) is 3.00. The molecule has 0 amide bonds. The molecule has 0 fully saturated rings. The number of anilines is 1. The third-order valence-corrected chi connectivity index (χ3v) is 7.19. The van der Waals surface area contributed by atoms with Crippen molar-refractivity contribution in [2.75, 3.05) is 5.73 Å². The second-order valence-electron chi connectivity index (χ2n) is 9.43. The number of aliphatic imine (C=N–C) groups is 1. The number of aromatic hydroxyl groups is 2. The Hall–Kier alpha value is -4.19. The number of aliphatic hydroxyl groups is 1. The largest absolute Gasteiger partial charge is 0.507 e. The summed E-state index contributed by atoms with van der Waals surface area (Å²) in [5.74, 6) is -2.52. The Morgan fingerprint density at radius 3 is 1.85 bits per heavy atom. The minimum absolute atomic E-state index is 0. The monoisotopic (exact) mass is 672 g/mol.